The molecule has 0 amide bonds. The van der Waals surface area contributed by atoms with E-state index in [1.807, 2.05) is 68.6 Å². The number of aromatic nitrogens is 3. The molecule has 0 bridgehead atoms. The Morgan fingerprint density at radius 1 is 0.947 bits per heavy atom. The fourth-order valence-corrected chi connectivity index (χ4v) is 4.65. The first-order chi connectivity index (χ1) is 17.9. The van der Waals surface area contributed by atoms with E-state index in [1.165, 1.54) is 0 Å². The molecule has 3 aromatic carbocycles. The number of hydrogen-bond acceptors (Lipinski definition) is 4. The van der Waals surface area contributed by atoms with Gasteiger partial charge in [0, 0.05) is 29.0 Å². The molecule has 0 saturated heterocycles. The molecule has 0 fully saturated rings. The Hall–Kier alpha value is -3.44. The monoisotopic (exact) mass is 547 g/mol. The van der Waals surface area contributed by atoms with Crippen LogP contribution in [0.3, 0.4) is 0 Å². The molecule has 0 spiro atoms. The van der Waals surface area contributed by atoms with Gasteiger partial charge in [-0.15, -0.1) is 0 Å². The normalized spacial score (nSPS) is 13.0. The summed E-state index contributed by atoms with van der Waals surface area (Å²) in [5, 5.41) is 13.6. The summed E-state index contributed by atoms with van der Waals surface area (Å²) in [6.45, 7) is 7.25. The maximum atomic E-state index is 12.4. The standard InChI is InChI=1S/C27H22ClN3O2.C3H9OP/c1-17-6-3-4-9-21(17)22-14-26(32)30-24-11-10-19(13-23(22)24)27(33,25-15-29-16-31(25)2)18-7-5-8-20(28)12-18;1-5(2,3)4/h3-16,33H,1-2H3,(H,30,32);1-3H3. The van der Waals surface area contributed by atoms with Crippen LogP contribution in [0, 0.1) is 6.92 Å². The van der Waals surface area contributed by atoms with Crippen molar-refractivity contribution >= 4 is 29.6 Å². The van der Waals surface area contributed by atoms with Crippen molar-refractivity contribution in [2.24, 2.45) is 7.05 Å². The minimum atomic E-state index is -1.64. The second kappa shape index (κ2) is 10.7. The summed E-state index contributed by atoms with van der Waals surface area (Å²) in [5.74, 6) is 0. The predicted octanol–water partition coefficient (Wildman–Crippen LogP) is 6.41. The lowest BCUT2D eigenvalue weighted by atomic mass is 9.82. The van der Waals surface area contributed by atoms with Gasteiger partial charge in [-0.05, 0) is 79.0 Å². The summed E-state index contributed by atoms with van der Waals surface area (Å²) >= 11 is 6.30. The van der Waals surface area contributed by atoms with Crippen molar-refractivity contribution in [1.82, 2.24) is 14.5 Å². The number of aromatic amines is 1. The Morgan fingerprint density at radius 3 is 2.26 bits per heavy atom. The average molecular weight is 548 g/mol. The van der Waals surface area contributed by atoms with E-state index in [2.05, 4.69) is 9.97 Å². The number of imidazole rings is 1. The molecule has 0 aliphatic heterocycles. The molecule has 0 aliphatic rings. The van der Waals surface area contributed by atoms with E-state index < -0.39 is 12.7 Å². The molecule has 0 saturated carbocycles. The molecule has 38 heavy (non-hydrogen) atoms. The fourth-order valence-electron chi connectivity index (χ4n) is 4.46. The van der Waals surface area contributed by atoms with Gasteiger partial charge in [-0.25, -0.2) is 4.98 Å². The zero-order valence-corrected chi connectivity index (χ0v) is 23.7. The Labute approximate surface area is 227 Å². The number of benzene rings is 3. The van der Waals surface area contributed by atoms with Crippen LogP contribution in [0.25, 0.3) is 22.0 Å². The highest BCUT2D eigenvalue weighted by Crippen LogP contribution is 2.39. The third-order valence-electron chi connectivity index (χ3n) is 6.13. The number of H-pyrrole nitrogens is 1. The van der Waals surface area contributed by atoms with E-state index in [-0.39, 0.29) is 5.56 Å². The molecule has 1 atom stereocenters. The first-order valence-electron chi connectivity index (χ1n) is 12.1. The molecular formula is C30H31ClN3O3P. The zero-order chi connectivity index (χ0) is 27.7. The van der Waals surface area contributed by atoms with Crippen LogP contribution in [0.5, 0.6) is 0 Å². The Kier molecular flexibility index (Phi) is 7.80. The molecule has 2 heterocycles. The van der Waals surface area contributed by atoms with Gasteiger partial charge in [0.05, 0.1) is 25.4 Å². The Bertz CT molecular complexity index is 1710. The minimum absolute atomic E-state index is 0.176. The van der Waals surface area contributed by atoms with Gasteiger partial charge in [-0.1, -0.05) is 54.1 Å². The summed E-state index contributed by atoms with van der Waals surface area (Å²) in [4.78, 5) is 19.6. The van der Waals surface area contributed by atoms with E-state index in [9.17, 15) is 14.5 Å². The number of nitrogens with zero attached hydrogens (tertiary/aromatic N) is 2. The van der Waals surface area contributed by atoms with Crippen molar-refractivity contribution in [3.8, 4) is 11.1 Å². The molecule has 8 heteroatoms. The number of hydrogen-bond donors (Lipinski definition) is 2. The predicted molar refractivity (Wildman–Crippen MR) is 157 cm³/mol. The second-order valence-electron chi connectivity index (χ2n) is 10.1. The summed E-state index contributed by atoms with van der Waals surface area (Å²) in [5.41, 5.74) is 3.72. The summed E-state index contributed by atoms with van der Waals surface area (Å²) in [7, 11) is 0.204. The van der Waals surface area contributed by atoms with E-state index in [4.69, 9.17) is 11.6 Å². The molecule has 5 rings (SSSR count). The van der Waals surface area contributed by atoms with Gasteiger partial charge in [0.2, 0.25) is 5.56 Å². The van der Waals surface area contributed by atoms with Gasteiger partial charge in [-0.3, -0.25) is 4.79 Å². The third-order valence-corrected chi connectivity index (χ3v) is 6.36. The summed E-state index contributed by atoms with van der Waals surface area (Å²) in [6, 6.07) is 22.3. The summed E-state index contributed by atoms with van der Waals surface area (Å²) < 4.78 is 12.0. The van der Waals surface area contributed by atoms with Crippen molar-refractivity contribution in [2.75, 3.05) is 20.0 Å². The maximum absolute atomic E-state index is 12.4. The van der Waals surface area contributed by atoms with Gasteiger partial charge in [0.15, 0.2) is 5.60 Å². The largest absolute Gasteiger partial charge is 0.374 e. The van der Waals surface area contributed by atoms with Crippen LogP contribution < -0.4 is 5.56 Å². The summed E-state index contributed by atoms with van der Waals surface area (Å²) in [6.07, 6.45) is 3.31. The molecule has 6 nitrogen and oxygen atoms in total. The lowest BCUT2D eigenvalue weighted by Gasteiger charge is -2.30. The van der Waals surface area contributed by atoms with Crippen LogP contribution in [0.15, 0.2) is 90.1 Å². The van der Waals surface area contributed by atoms with E-state index >= 15 is 0 Å². The Balaban J connectivity index is 0.000000617. The van der Waals surface area contributed by atoms with Crippen LogP contribution in [0.4, 0.5) is 0 Å². The van der Waals surface area contributed by atoms with Gasteiger partial charge in [0.25, 0.3) is 0 Å². The van der Waals surface area contributed by atoms with Gasteiger partial charge < -0.3 is 19.2 Å². The van der Waals surface area contributed by atoms with Crippen LogP contribution in [-0.4, -0.2) is 39.6 Å². The molecule has 196 valence electrons. The van der Waals surface area contributed by atoms with Crippen molar-refractivity contribution in [2.45, 2.75) is 12.5 Å². The van der Waals surface area contributed by atoms with Gasteiger partial charge in [0.1, 0.15) is 0 Å². The topological polar surface area (TPSA) is 88.0 Å². The lowest BCUT2D eigenvalue weighted by molar-refractivity contribution is 0.117. The van der Waals surface area contributed by atoms with Crippen LogP contribution in [0.2, 0.25) is 5.02 Å². The number of aliphatic hydroxyl groups is 1. The molecular weight excluding hydrogens is 517 g/mol. The van der Waals surface area contributed by atoms with Gasteiger partial charge in [-0.2, -0.15) is 0 Å². The van der Waals surface area contributed by atoms with Crippen molar-refractivity contribution in [3.05, 3.63) is 123 Å². The number of fused-ring (bicyclic) bond motifs is 1. The van der Waals surface area contributed by atoms with E-state index in [0.717, 1.165) is 22.1 Å². The molecule has 1 unspecified atom stereocenters. The van der Waals surface area contributed by atoms with Gasteiger partial charge >= 0.3 is 0 Å². The van der Waals surface area contributed by atoms with Crippen molar-refractivity contribution in [1.29, 1.82) is 0 Å². The number of halogens is 1. The molecule has 2 N–H and O–H groups in total. The van der Waals surface area contributed by atoms with E-state index in [1.54, 1.807) is 55.3 Å². The average Bonchev–Trinajstić information content (AvgIpc) is 3.28. The molecule has 0 aliphatic carbocycles. The number of nitrogens with one attached hydrogen (secondary N) is 1. The number of rotatable bonds is 4. The number of aryl methyl sites for hydroxylation is 2. The highest BCUT2D eigenvalue weighted by atomic mass is 35.5. The lowest BCUT2D eigenvalue weighted by Crippen LogP contribution is -2.31. The van der Waals surface area contributed by atoms with Crippen molar-refractivity contribution in [3.63, 3.8) is 0 Å². The molecule has 0 radical (unpaired) electrons. The minimum Gasteiger partial charge on any atom is -0.374 e. The molecule has 5 aromatic rings. The first-order valence-corrected chi connectivity index (χ1v) is 15.5. The highest BCUT2D eigenvalue weighted by molar-refractivity contribution is 7.61. The molecule has 2 aromatic heterocycles. The maximum Gasteiger partial charge on any atom is 0.249 e. The van der Waals surface area contributed by atoms with Crippen molar-refractivity contribution < 1.29 is 9.67 Å². The van der Waals surface area contributed by atoms with E-state index in [0.29, 0.717) is 27.4 Å². The Morgan fingerprint density at radius 2 is 1.63 bits per heavy atom. The second-order valence-corrected chi connectivity index (χ2v) is 14.3. The first kappa shape index (κ1) is 27.6. The fraction of sp³-hybridized carbons (Fsp3) is 0.200. The SMILES string of the molecule is CP(C)(C)=O.Cc1ccccc1-c1cc(=O)[nH]c2ccc(C(O)(c3cccc(Cl)c3)c3cncn3C)cc12. The third kappa shape index (κ3) is 5.83. The highest BCUT2D eigenvalue weighted by Gasteiger charge is 2.37. The number of pyridine rings is 1. The smallest absolute Gasteiger partial charge is 0.249 e. The zero-order valence-electron chi connectivity index (χ0n) is 22.1. The van der Waals surface area contributed by atoms with Crippen LogP contribution in [0.1, 0.15) is 22.4 Å². The quantitative estimate of drug-likeness (QED) is 0.254. The van der Waals surface area contributed by atoms with Crippen LogP contribution in [-0.2, 0) is 17.2 Å². The van der Waals surface area contributed by atoms with Crippen LogP contribution >= 0.6 is 18.7 Å².